The van der Waals surface area contributed by atoms with Gasteiger partial charge in [-0.1, -0.05) is 36.4 Å². The van der Waals surface area contributed by atoms with Crippen LogP contribution in [-0.2, 0) is 0 Å². The molecule has 2 aromatic carbocycles. The first kappa shape index (κ1) is 14.6. The van der Waals surface area contributed by atoms with Crippen LogP contribution in [0.1, 0.15) is 44.5 Å². The molecule has 0 aliphatic rings. The Hall–Kier alpha value is -1.82. The summed E-state index contributed by atoms with van der Waals surface area (Å²) in [5, 5.41) is 0. The van der Waals surface area contributed by atoms with E-state index >= 15 is 0 Å². The fraction of sp³-hybridized carbons (Fsp3) is 0.300. The minimum absolute atomic E-state index is 1.28. The molecule has 104 valence electrons. The SMILES string of the molecule is Cc1cc(C=Cc2cc(C)c(C)c(C)c2)cc(C)c1C. The van der Waals surface area contributed by atoms with Crippen molar-refractivity contribution in [3.63, 3.8) is 0 Å². The van der Waals surface area contributed by atoms with Crippen molar-refractivity contribution in [2.45, 2.75) is 41.5 Å². The minimum Gasteiger partial charge on any atom is -0.0544 e. The first-order valence-electron chi connectivity index (χ1n) is 7.22. The quantitative estimate of drug-likeness (QED) is 0.610. The molecule has 0 atom stereocenters. The molecule has 0 saturated heterocycles. The van der Waals surface area contributed by atoms with Crippen molar-refractivity contribution in [3.05, 3.63) is 68.8 Å². The second-order valence-corrected chi connectivity index (χ2v) is 5.89. The van der Waals surface area contributed by atoms with Gasteiger partial charge in [-0.05, 0) is 86.1 Å². The van der Waals surface area contributed by atoms with Gasteiger partial charge in [-0.25, -0.2) is 0 Å². The van der Waals surface area contributed by atoms with Crippen LogP contribution in [0, 0.1) is 41.5 Å². The van der Waals surface area contributed by atoms with Crippen LogP contribution in [0.4, 0.5) is 0 Å². The van der Waals surface area contributed by atoms with E-state index in [1.165, 1.54) is 44.5 Å². The van der Waals surface area contributed by atoms with Crippen molar-refractivity contribution in [1.29, 1.82) is 0 Å². The lowest BCUT2D eigenvalue weighted by molar-refractivity contribution is 1.26. The summed E-state index contributed by atoms with van der Waals surface area (Å²) in [7, 11) is 0. The van der Waals surface area contributed by atoms with Gasteiger partial charge >= 0.3 is 0 Å². The third-order valence-corrected chi connectivity index (χ3v) is 4.37. The molecule has 0 heteroatoms. The van der Waals surface area contributed by atoms with E-state index < -0.39 is 0 Å². The van der Waals surface area contributed by atoms with Crippen LogP contribution in [0.2, 0.25) is 0 Å². The lowest BCUT2D eigenvalue weighted by Gasteiger charge is -2.07. The molecular formula is C20H24. The van der Waals surface area contributed by atoms with E-state index in [4.69, 9.17) is 0 Å². The van der Waals surface area contributed by atoms with Gasteiger partial charge in [0.1, 0.15) is 0 Å². The van der Waals surface area contributed by atoms with Crippen LogP contribution in [0.15, 0.2) is 24.3 Å². The van der Waals surface area contributed by atoms with Crippen LogP contribution in [0.25, 0.3) is 12.2 Å². The standard InChI is InChI=1S/C20H24/c1-13-9-19(10-14(2)17(13)5)7-8-20-11-15(3)18(6)16(4)12-20/h7-12H,1-6H3. The van der Waals surface area contributed by atoms with Crippen molar-refractivity contribution < 1.29 is 0 Å². The smallest absolute Gasteiger partial charge is 0.0251 e. The lowest BCUT2D eigenvalue weighted by atomic mass is 9.98. The number of rotatable bonds is 2. The van der Waals surface area contributed by atoms with Crippen molar-refractivity contribution in [2.24, 2.45) is 0 Å². The predicted octanol–water partition coefficient (Wildman–Crippen LogP) is 5.71. The predicted molar refractivity (Wildman–Crippen MR) is 90.2 cm³/mol. The zero-order valence-electron chi connectivity index (χ0n) is 13.5. The molecule has 0 spiro atoms. The Bertz CT molecular complexity index is 567. The molecule has 0 radical (unpaired) electrons. The van der Waals surface area contributed by atoms with Crippen LogP contribution in [0.3, 0.4) is 0 Å². The molecule has 0 fully saturated rings. The average molecular weight is 264 g/mol. The molecule has 20 heavy (non-hydrogen) atoms. The zero-order chi connectivity index (χ0) is 14.9. The van der Waals surface area contributed by atoms with Gasteiger partial charge in [0, 0.05) is 0 Å². The average Bonchev–Trinajstić information content (AvgIpc) is 2.39. The van der Waals surface area contributed by atoms with E-state index in [1.807, 2.05) is 0 Å². The summed E-state index contributed by atoms with van der Waals surface area (Å²) >= 11 is 0. The van der Waals surface area contributed by atoms with E-state index in [-0.39, 0.29) is 0 Å². The van der Waals surface area contributed by atoms with Crippen LogP contribution in [-0.4, -0.2) is 0 Å². The van der Waals surface area contributed by atoms with Gasteiger partial charge in [0.25, 0.3) is 0 Å². The summed E-state index contributed by atoms with van der Waals surface area (Å²) in [6.45, 7) is 13.1. The zero-order valence-corrected chi connectivity index (χ0v) is 13.5. The lowest BCUT2D eigenvalue weighted by Crippen LogP contribution is -1.89. The molecule has 0 N–H and O–H groups in total. The van der Waals surface area contributed by atoms with Gasteiger partial charge in [-0.3, -0.25) is 0 Å². The number of hydrogen-bond donors (Lipinski definition) is 0. The minimum atomic E-state index is 1.28. The maximum absolute atomic E-state index is 2.26. The summed E-state index contributed by atoms with van der Waals surface area (Å²) in [6.07, 6.45) is 4.42. The van der Waals surface area contributed by atoms with E-state index in [1.54, 1.807) is 0 Å². The largest absolute Gasteiger partial charge is 0.0544 e. The Balaban J connectivity index is 2.35. The van der Waals surface area contributed by atoms with E-state index in [2.05, 4.69) is 78.0 Å². The molecule has 2 rings (SSSR count). The van der Waals surface area contributed by atoms with Gasteiger partial charge in [-0.15, -0.1) is 0 Å². The first-order valence-corrected chi connectivity index (χ1v) is 7.22. The van der Waals surface area contributed by atoms with Gasteiger partial charge in [0.05, 0.1) is 0 Å². The first-order chi connectivity index (χ1) is 9.38. The molecular weight excluding hydrogens is 240 g/mol. The fourth-order valence-corrected chi connectivity index (χ4v) is 2.52. The second kappa shape index (κ2) is 5.66. The Kier molecular flexibility index (Phi) is 4.13. The van der Waals surface area contributed by atoms with Crippen LogP contribution < -0.4 is 0 Å². The summed E-state index contributed by atoms with van der Waals surface area (Å²) in [6, 6.07) is 9.03. The van der Waals surface area contributed by atoms with Crippen LogP contribution >= 0.6 is 0 Å². The molecule has 0 amide bonds. The van der Waals surface area contributed by atoms with Gasteiger partial charge in [0.2, 0.25) is 0 Å². The summed E-state index contributed by atoms with van der Waals surface area (Å²) in [4.78, 5) is 0. The normalized spacial score (nSPS) is 11.3. The summed E-state index contributed by atoms with van der Waals surface area (Å²) in [5.74, 6) is 0. The third kappa shape index (κ3) is 3.01. The van der Waals surface area contributed by atoms with Crippen molar-refractivity contribution in [3.8, 4) is 0 Å². The van der Waals surface area contributed by atoms with Crippen molar-refractivity contribution in [1.82, 2.24) is 0 Å². The number of benzene rings is 2. The van der Waals surface area contributed by atoms with Gasteiger partial charge in [-0.2, -0.15) is 0 Å². The Morgan fingerprint density at radius 3 is 1.00 bits per heavy atom. The highest BCUT2D eigenvalue weighted by atomic mass is 14.1. The topological polar surface area (TPSA) is 0 Å². The van der Waals surface area contributed by atoms with Gasteiger partial charge < -0.3 is 0 Å². The fourth-order valence-electron chi connectivity index (χ4n) is 2.52. The molecule has 0 bridgehead atoms. The summed E-state index contributed by atoms with van der Waals surface area (Å²) in [5.41, 5.74) is 10.8. The molecule has 2 aromatic rings. The molecule has 0 aromatic heterocycles. The molecule has 0 heterocycles. The highest BCUT2D eigenvalue weighted by molar-refractivity contribution is 5.71. The number of hydrogen-bond acceptors (Lipinski definition) is 0. The highest BCUT2D eigenvalue weighted by Crippen LogP contribution is 2.20. The Morgan fingerprint density at radius 1 is 0.500 bits per heavy atom. The molecule has 0 saturated carbocycles. The Morgan fingerprint density at radius 2 is 0.750 bits per heavy atom. The molecule has 0 nitrogen and oxygen atoms in total. The monoisotopic (exact) mass is 264 g/mol. The third-order valence-electron chi connectivity index (χ3n) is 4.37. The maximum atomic E-state index is 2.26. The number of aryl methyl sites for hydroxylation is 4. The van der Waals surface area contributed by atoms with Crippen LogP contribution in [0.5, 0.6) is 0 Å². The van der Waals surface area contributed by atoms with Crippen molar-refractivity contribution >= 4 is 12.2 Å². The van der Waals surface area contributed by atoms with Gasteiger partial charge in [0.15, 0.2) is 0 Å². The Labute approximate surface area is 123 Å². The molecule has 0 aliphatic heterocycles. The van der Waals surface area contributed by atoms with E-state index in [0.29, 0.717) is 0 Å². The summed E-state index contributed by atoms with van der Waals surface area (Å²) < 4.78 is 0. The maximum Gasteiger partial charge on any atom is -0.0251 e. The van der Waals surface area contributed by atoms with E-state index in [9.17, 15) is 0 Å². The highest BCUT2D eigenvalue weighted by Gasteiger charge is 2.00. The second-order valence-electron chi connectivity index (χ2n) is 5.89. The molecule has 0 aliphatic carbocycles. The van der Waals surface area contributed by atoms with E-state index in [0.717, 1.165) is 0 Å². The van der Waals surface area contributed by atoms with Crippen molar-refractivity contribution in [2.75, 3.05) is 0 Å². The molecule has 0 unspecified atom stereocenters.